The van der Waals surface area contributed by atoms with E-state index in [4.69, 9.17) is 0 Å². The number of rotatable bonds is 4. The van der Waals surface area contributed by atoms with Gasteiger partial charge in [0, 0.05) is 29.2 Å². The Labute approximate surface area is 221 Å². The minimum absolute atomic E-state index is 0.0415. The molecule has 0 atom stereocenters. The van der Waals surface area contributed by atoms with E-state index < -0.39 is 11.6 Å². The number of pyridine rings is 2. The summed E-state index contributed by atoms with van der Waals surface area (Å²) < 4.78 is 44.6. The summed E-state index contributed by atoms with van der Waals surface area (Å²) in [6.45, 7) is 1.74. The maximum Gasteiger partial charge on any atom is 0.257 e. The average Bonchev–Trinajstić information content (AvgIpc) is 3.35. The molecule has 1 amide bonds. The molecule has 184 valence electrons. The molecule has 12 heteroatoms. The number of fused-ring (bicyclic) bond motifs is 1. The largest absolute Gasteiger partial charge is 0.323 e. The summed E-state index contributed by atoms with van der Waals surface area (Å²) in [7, 11) is 6.94. The van der Waals surface area contributed by atoms with Crippen LogP contribution in [0.5, 0.6) is 0 Å². The standard InChI is InChI=1S/C26H21B4F3N4O/c1-11-15(26(38)36-24-20(29)18(27)23(33)19(28)21(24)30)8-12(9-34-11)13-5-3-7-37-17(13)10-35-25(37)14-4-2-6-16(31)22(14)32/h2-10H,27-30H2,1H3,(H,36,38). The highest BCUT2D eigenvalue weighted by atomic mass is 19.2. The molecular formula is C26H21B4F3N4O. The molecule has 5 nitrogen and oxygen atoms in total. The third-order valence-corrected chi connectivity index (χ3v) is 7.18. The molecule has 0 aliphatic rings. The summed E-state index contributed by atoms with van der Waals surface area (Å²) in [6, 6.07) is 9.30. The monoisotopic (exact) mass is 506 g/mol. The molecular weight excluding hydrogens is 485 g/mol. The van der Waals surface area contributed by atoms with Crippen LogP contribution in [0.4, 0.5) is 18.9 Å². The van der Waals surface area contributed by atoms with Gasteiger partial charge in [-0.25, -0.2) is 18.2 Å². The van der Waals surface area contributed by atoms with E-state index in [1.807, 2.05) is 6.07 Å². The van der Waals surface area contributed by atoms with Crippen molar-refractivity contribution in [2.24, 2.45) is 0 Å². The van der Waals surface area contributed by atoms with Crippen LogP contribution in [0.1, 0.15) is 16.1 Å². The number of amides is 1. The van der Waals surface area contributed by atoms with Crippen LogP contribution >= 0.6 is 0 Å². The number of anilines is 1. The molecule has 0 fully saturated rings. The summed E-state index contributed by atoms with van der Waals surface area (Å²) in [5.74, 6) is -2.31. The minimum Gasteiger partial charge on any atom is -0.323 e. The van der Waals surface area contributed by atoms with E-state index in [0.29, 0.717) is 55.4 Å². The van der Waals surface area contributed by atoms with Crippen LogP contribution in [-0.2, 0) is 0 Å². The van der Waals surface area contributed by atoms with E-state index in [2.05, 4.69) is 15.3 Å². The fraction of sp³-hybridized carbons (Fsp3) is 0.0385. The fourth-order valence-electron chi connectivity index (χ4n) is 4.69. The maximum absolute atomic E-state index is 14.5. The predicted octanol–water partition coefficient (Wildman–Crippen LogP) is -0.925. The molecule has 0 aliphatic carbocycles. The summed E-state index contributed by atoms with van der Waals surface area (Å²) in [4.78, 5) is 22.2. The van der Waals surface area contributed by atoms with Crippen LogP contribution < -0.4 is 27.2 Å². The molecule has 0 bridgehead atoms. The minimum atomic E-state index is -0.974. The van der Waals surface area contributed by atoms with E-state index in [9.17, 15) is 18.0 Å². The maximum atomic E-state index is 14.5. The molecule has 0 unspecified atom stereocenters. The summed E-state index contributed by atoms with van der Waals surface area (Å²) >= 11 is 0. The summed E-state index contributed by atoms with van der Waals surface area (Å²) in [5, 5.41) is 2.96. The van der Waals surface area contributed by atoms with Gasteiger partial charge in [0.25, 0.3) is 5.91 Å². The second-order valence-corrected chi connectivity index (χ2v) is 9.36. The average molecular weight is 506 g/mol. The number of hydrogen-bond acceptors (Lipinski definition) is 3. The van der Waals surface area contributed by atoms with Crippen LogP contribution in [0.3, 0.4) is 0 Å². The molecule has 0 aliphatic heterocycles. The smallest absolute Gasteiger partial charge is 0.257 e. The Hall–Kier alpha value is -4.20. The Morgan fingerprint density at radius 2 is 1.55 bits per heavy atom. The molecule has 0 saturated heterocycles. The van der Waals surface area contributed by atoms with Crippen LogP contribution in [0.15, 0.2) is 55.0 Å². The molecule has 3 heterocycles. The zero-order valence-corrected chi connectivity index (χ0v) is 21.6. The summed E-state index contributed by atoms with van der Waals surface area (Å²) in [5.41, 5.74) is 5.83. The van der Waals surface area contributed by atoms with Gasteiger partial charge in [-0.15, -0.1) is 0 Å². The molecule has 3 aromatic heterocycles. The number of benzene rings is 2. The second kappa shape index (κ2) is 9.59. The first-order valence-electron chi connectivity index (χ1n) is 12.0. The van der Waals surface area contributed by atoms with Crippen molar-refractivity contribution in [3.63, 3.8) is 0 Å². The molecule has 1 N–H and O–H groups in total. The van der Waals surface area contributed by atoms with Crippen LogP contribution in [0, 0.1) is 24.4 Å². The van der Waals surface area contributed by atoms with Gasteiger partial charge in [0.1, 0.15) is 43.0 Å². The fourth-order valence-corrected chi connectivity index (χ4v) is 4.69. The van der Waals surface area contributed by atoms with Gasteiger partial charge in [0.2, 0.25) is 0 Å². The molecule has 0 spiro atoms. The quantitative estimate of drug-likeness (QED) is 0.322. The van der Waals surface area contributed by atoms with Crippen LogP contribution in [0.25, 0.3) is 28.0 Å². The van der Waals surface area contributed by atoms with E-state index >= 15 is 0 Å². The number of nitrogens with zero attached hydrogens (tertiary/aromatic N) is 3. The third kappa shape index (κ3) is 4.10. The highest BCUT2D eigenvalue weighted by Gasteiger charge is 2.20. The molecule has 38 heavy (non-hydrogen) atoms. The van der Waals surface area contributed by atoms with E-state index in [1.165, 1.54) is 12.1 Å². The van der Waals surface area contributed by atoms with Crippen LogP contribution in [0.2, 0.25) is 0 Å². The number of aryl methyl sites for hydroxylation is 1. The van der Waals surface area contributed by atoms with Gasteiger partial charge in [-0.3, -0.25) is 14.2 Å². The second-order valence-electron chi connectivity index (χ2n) is 9.36. The first-order chi connectivity index (χ1) is 18.1. The Balaban J connectivity index is 1.57. The Kier molecular flexibility index (Phi) is 6.42. The van der Waals surface area contributed by atoms with Crippen molar-refractivity contribution in [1.82, 2.24) is 14.4 Å². The summed E-state index contributed by atoms with van der Waals surface area (Å²) in [6.07, 6.45) is 4.94. The molecule has 2 aromatic carbocycles. The SMILES string of the molecule is Bc1c(B)c(NC(=O)c2cc(-c3cccn4c(-c5cccc(F)c5F)ncc34)cnc2C)c(B)c(B)c1F. The molecule has 0 radical (unpaired) electrons. The van der Waals surface area contributed by atoms with Crippen LogP contribution in [-0.4, -0.2) is 51.7 Å². The number of hydrogen-bond donors (Lipinski definition) is 1. The van der Waals surface area contributed by atoms with Crippen molar-refractivity contribution < 1.29 is 18.0 Å². The van der Waals surface area contributed by atoms with Gasteiger partial charge >= 0.3 is 0 Å². The van der Waals surface area contributed by atoms with Crippen molar-refractivity contribution in [2.75, 3.05) is 5.32 Å². The highest BCUT2D eigenvalue weighted by Crippen LogP contribution is 2.30. The van der Waals surface area contributed by atoms with Crippen molar-refractivity contribution in [2.45, 2.75) is 6.92 Å². The lowest BCUT2D eigenvalue weighted by Crippen LogP contribution is -2.46. The van der Waals surface area contributed by atoms with Crippen molar-refractivity contribution in [1.29, 1.82) is 0 Å². The van der Waals surface area contributed by atoms with Crippen molar-refractivity contribution in [3.05, 3.63) is 83.7 Å². The number of carbonyl (C=O) groups excluding carboxylic acids is 1. The van der Waals surface area contributed by atoms with E-state index in [1.54, 1.807) is 73.4 Å². The topological polar surface area (TPSA) is 59.3 Å². The number of imidazole rings is 1. The predicted molar refractivity (Wildman–Crippen MR) is 156 cm³/mol. The number of aromatic nitrogens is 3. The zero-order chi connectivity index (χ0) is 27.3. The normalized spacial score (nSPS) is 11.2. The van der Waals surface area contributed by atoms with Crippen molar-refractivity contribution in [3.8, 4) is 22.5 Å². The van der Waals surface area contributed by atoms with Gasteiger partial charge in [-0.2, -0.15) is 0 Å². The van der Waals surface area contributed by atoms with Gasteiger partial charge < -0.3 is 5.32 Å². The van der Waals surface area contributed by atoms with Gasteiger partial charge in [0.05, 0.1) is 28.5 Å². The molecule has 5 rings (SSSR count). The first-order valence-corrected chi connectivity index (χ1v) is 12.0. The number of halogens is 3. The zero-order valence-electron chi connectivity index (χ0n) is 21.6. The van der Waals surface area contributed by atoms with E-state index in [-0.39, 0.29) is 23.1 Å². The Morgan fingerprint density at radius 3 is 2.26 bits per heavy atom. The van der Waals surface area contributed by atoms with Gasteiger partial charge in [-0.1, -0.05) is 34.0 Å². The molecule has 5 aromatic rings. The van der Waals surface area contributed by atoms with Crippen molar-refractivity contribution >= 4 is 70.3 Å². The Morgan fingerprint density at radius 1 is 0.868 bits per heavy atom. The van der Waals surface area contributed by atoms with Gasteiger partial charge in [-0.05, 0) is 31.2 Å². The number of carbonyl (C=O) groups is 1. The lowest BCUT2D eigenvalue weighted by Gasteiger charge is -2.19. The molecule has 0 saturated carbocycles. The number of nitrogens with one attached hydrogen (secondary N) is 1. The van der Waals surface area contributed by atoms with E-state index in [0.717, 1.165) is 6.07 Å². The van der Waals surface area contributed by atoms with Gasteiger partial charge in [0.15, 0.2) is 11.6 Å². The Bertz CT molecular complexity index is 1750. The highest BCUT2D eigenvalue weighted by molar-refractivity contribution is 6.60. The first kappa shape index (κ1) is 25.4. The third-order valence-electron chi connectivity index (χ3n) is 7.18. The lowest BCUT2D eigenvalue weighted by atomic mass is 9.68. The lowest BCUT2D eigenvalue weighted by molar-refractivity contribution is 0.102.